The molecule has 0 spiro atoms. The summed E-state index contributed by atoms with van der Waals surface area (Å²) in [7, 11) is 2.15. The van der Waals surface area contributed by atoms with E-state index < -0.39 is 0 Å². The number of hydrogen-bond acceptors (Lipinski definition) is 6. The van der Waals surface area contributed by atoms with E-state index in [9.17, 15) is 0 Å². The van der Waals surface area contributed by atoms with Crippen molar-refractivity contribution in [3.8, 4) is 0 Å². The molecule has 112 valence electrons. The summed E-state index contributed by atoms with van der Waals surface area (Å²) in [4.78, 5) is 9.08. The average molecular weight is 279 g/mol. The van der Waals surface area contributed by atoms with Gasteiger partial charge in [-0.1, -0.05) is 6.42 Å². The molecule has 0 aromatic carbocycles. The fraction of sp³-hybridized carbons (Fsp3) is 0.857. The second-order valence-electron chi connectivity index (χ2n) is 5.96. The van der Waals surface area contributed by atoms with Gasteiger partial charge in [0.05, 0.1) is 0 Å². The quantitative estimate of drug-likeness (QED) is 0.883. The molecule has 3 heterocycles. The molecule has 2 fully saturated rings. The third-order valence-corrected chi connectivity index (χ3v) is 4.36. The van der Waals surface area contributed by atoms with Crippen LogP contribution in [0.25, 0.3) is 0 Å². The Balaban J connectivity index is 1.49. The second kappa shape index (κ2) is 6.54. The molecular formula is C14H25N5O. The number of anilines is 1. The van der Waals surface area contributed by atoms with E-state index in [1.165, 1.54) is 19.3 Å². The van der Waals surface area contributed by atoms with Crippen molar-refractivity contribution in [2.75, 3.05) is 44.7 Å². The summed E-state index contributed by atoms with van der Waals surface area (Å²) in [5.41, 5.74) is 0. The molecule has 20 heavy (non-hydrogen) atoms. The van der Waals surface area contributed by atoms with Crippen molar-refractivity contribution in [1.82, 2.24) is 20.4 Å². The summed E-state index contributed by atoms with van der Waals surface area (Å²) in [6.45, 7) is 5.26. The lowest BCUT2D eigenvalue weighted by Crippen LogP contribution is -2.44. The van der Waals surface area contributed by atoms with E-state index in [2.05, 4.69) is 32.3 Å². The van der Waals surface area contributed by atoms with E-state index >= 15 is 0 Å². The molecule has 6 nitrogen and oxygen atoms in total. The summed E-state index contributed by atoms with van der Waals surface area (Å²) in [5.74, 6) is 1.55. The molecule has 1 aromatic rings. The fourth-order valence-electron chi connectivity index (χ4n) is 2.95. The van der Waals surface area contributed by atoms with Gasteiger partial charge in [0.1, 0.15) is 0 Å². The highest BCUT2D eigenvalue weighted by Gasteiger charge is 2.20. The number of piperazine rings is 1. The molecule has 0 radical (unpaired) electrons. The molecule has 2 aliphatic rings. The van der Waals surface area contributed by atoms with Crippen molar-refractivity contribution in [2.45, 2.75) is 38.1 Å². The summed E-state index contributed by atoms with van der Waals surface area (Å²) in [6, 6.07) is 0.628. The molecule has 3 rings (SSSR count). The first-order valence-corrected chi connectivity index (χ1v) is 7.81. The van der Waals surface area contributed by atoms with Crippen molar-refractivity contribution in [3.05, 3.63) is 5.89 Å². The van der Waals surface area contributed by atoms with Crippen molar-refractivity contribution >= 4 is 5.95 Å². The molecule has 2 aliphatic heterocycles. The third-order valence-electron chi connectivity index (χ3n) is 4.36. The zero-order chi connectivity index (χ0) is 13.8. The van der Waals surface area contributed by atoms with Crippen LogP contribution in [0.2, 0.25) is 0 Å². The summed E-state index contributed by atoms with van der Waals surface area (Å²) in [6.07, 6.45) is 5.92. The normalized spacial score (nSPS) is 25.1. The number of aromatic nitrogens is 2. The van der Waals surface area contributed by atoms with Crippen molar-refractivity contribution in [3.63, 3.8) is 0 Å². The van der Waals surface area contributed by atoms with Gasteiger partial charge in [0.15, 0.2) is 0 Å². The highest BCUT2D eigenvalue weighted by atomic mass is 16.5. The monoisotopic (exact) mass is 279 g/mol. The molecular weight excluding hydrogens is 254 g/mol. The maximum Gasteiger partial charge on any atom is 0.266 e. The van der Waals surface area contributed by atoms with E-state index in [0.717, 1.165) is 57.4 Å². The Labute approximate surface area is 120 Å². The number of aryl methyl sites for hydroxylation is 1. The first-order valence-electron chi connectivity index (χ1n) is 7.81. The maximum atomic E-state index is 5.39. The van der Waals surface area contributed by atoms with E-state index in [1.54, 1.807) is 0 Å². The van der Waals surface area contributed by atoms with Gasteiger partial charge in [0, 0.05) is 38.6 Å². The SMILES string of the molecule is CN1CCN(c2noc(CCC3CCCCN3)n2)CC1. The second-order valence-corrected chi connectivity index (χ2v) is 5.96. The molecule has 0 amide bonds. The maximum absolute atomic E-state index is 5.39. The Kier molecular flexibility index (Phi) is 4.52. The van der Waals surface area contributed by atoms with Gasteiger partial charge in [-0.25, -0.2) is 0 Å². The Bertz CT molecular complexity index is 407. The van der Waals surface area contributed by atoms with Crippen molar-refractivity contribution in [2.24, 2.45) is 0 Å². The molecule has 1 N–H and O–H groups in total. The molecule has 6 heteroatoms. The van der Waals surface area contributed by atoms with E-state index in [1.807, 2.05) is 0 Å². The molecule has 0 saturated carbocycles. The fourth-order valence-corrected chi connectivity index (χ4v) is 2.95. The van der Waals surface area contributed by atoms with Crippen molar-refractivity contribution < 1.29 is 4.52 Å². The lowest BCUT2D eigenvalue weighted by molar-refractivity contribution is 0.308. The van der Waals surface area contributed by atoms with E-state index in [0.29, 0.717) is 6.04 Å². The summed E-state index contributed by atoms with van der Waals surface area (Å²) < 4.78 is 5.39. The van der Waals surface area contributed by atoms with Gasteiger partial charge in [0.2, 0.25) is 5.89 Å². The number of rotatable bonds is 4. The van der Waals surface area contributed by atoms with Gasteiger partial charge < -0.3 is 19.6 Å². The standard InChI is InChI=1S/C14H25N5O/c1-18-8-10-19(11-9-18)14-16-13(20-17-14)6-5-12-4-2-3-7-15-12/h12,15H,2-11H2,1H3. The first-order chi connectivity index (χ1) is 9.81. The lowest BCUT2D eigenvalue weighted by atomic mass is 10.0. The molecule has 1 aromatic heterocycles. The largest absolute Gasteiger partial charge is 0.337 e. The lowest BCUT2D eigenvalue weighted by Gasteiger charge is -2.31. The Hall–Kier alpha value is -1.14. The molecule has 0 bridgehead atoms. The predicted molar refractivity (Wildman–Crippen MR) is 78.0 cm³/mol. The smallest absolute Gasteiger partial charge is 0.266 e. The Morgan fingerprint density at radius 2 is 2.10 bits per heavy atom. The molecule has 1 atom stereocenters. The Morgan fingerprint density at radius 3 is 2.85 bits per heavy atom. The zero-order valence-corrected chi connectivity index (χ0v) is 12.3. The molecule has 2 saturated heterocycles. The van der Waals surface area contributed by atoms with Crippen LogP contribution in [0.4, 0.5) is 5.95 Å². The minimum Gasteiger partial charge on any atom is -0.337 e. The first kappa shape index (κ1) is 13.8. The minimum absolute atomic E-state index is 0.628. The predicted octanol–water partition coefficient (Wildman–Crippen LogP) is 0.896. The number of hydrogen-bond donors (Lipinski definition) is 1. The number of nitrogens with one attached hydrogen (secondary N) is 1. The van der Waals surface area contributed by atoms with Gasteiger partial charge in [-0.15, -0.1) is 0 Å². The molecule has 0 aliphatic carbocycles. The third kappa shape index (κ3) is 3.49. The van der Waals surface area contributed by atoms with Gasteiger partial charge >= 0.3 is 0 Å². The topological polar surface area (TPSA) is 57.4 Å². The van der Waals surface area contributed by atoms with E-state index in [4.69, 9.17) is 4.52 Å². The van der Waals surface area contributed by atoms with Crippen molar-refractivity contribution in [1.29, 1.82) is 0 Å². The van der Waals surface area contributed by atoms with Crippen LogP contribution in [0, 0.1) is 0 Å². The Morgan fingerprint density at radius 1 is 1.25 bits per heavy atom. The highest BCUT2D eigenvalue weighted by molar-refractivity contribution is 5.28. The van der Waals surface area contributed by atoms with E-state index in [-0.39, 0.29) is 0 Å². The van der Waals surface area contributed by atoms with Gasteiger partial charge in [-0.3, -0.25) is 0 Å². The van der Waals surface area contributed by atoms with Crippen LogP contribution in [-0.4, -0.2) is 60.9 Å². The number of likely N-dealkylation sites (N-methyl/N-ethyl adjacent to an activating group) is 1. The summed E-state index contributed by atoms with van der Waals surface area (Å²) >= 11 is 0. The van der Waals surface area contributed by atoms with Gasteiger partial charge in [0.25, 0.3) is 5.95 Å². The average Bonchev–Trinajstić information content (AvgIpc) is 2.96. The number of piperidine rings is 1. The van der Waals surface area contributed by atoms with Crippen LogP contribution in [0.3, 0.4) is 0 Å². The van der Waals surface area contributed by atoms with Gasteiger partial charge in [-0.05, 0) is 38.0 Å². The van der Waals surface area contributed by atoms with Crippen LogP contribution >= 0.6 is 0 Å². The minimum atomic E-state index is 0.628. The van der Waals surface area contributed by atoms with Crippen LogP contribution < -0.4 is 10.2 Å². The highest BCUT2D eigenvalue weighted by Crippen LogP contribution is 2.15. The van der Waals surface area contributed by atoms with Gasteiger partial charge in [-0.2, -0.15) is 4.98 Å². The van der Waals surface area contributed by atoms with Crippen LogP contribution in [0.1, 0.15) is 31.6 Å². The van der Waals surface area contributed by atoms with Crippen LogP contribution in [0.15, 0.2) is 4.52 Å². The summed E-state index contributed by atoms with van der Waals surface area (Å²) in [5, 5.41) is 7.69. The van der Waals surface area contributed by atoms with Crippen LogP contribution in [-0.2, 0) is 6.42 Å². The zero-order valence-electron chi connectivity index (χ0n) is 12.3. The number of nitrogens with zero attached hydrogens (tertiary/aromatic N) is 4. The molecule has 1 unspecified atom stereocenters. The van der Waals surface area contributed by atoms with Crippen LogP contribution in [0.5, 0.6) is 0 Å².